The van der Waals surface area contributed by atoms with Crippen molar-refractivity contribution in [2.24, 2.45) is 0 Å². The third-order valence-electron chi connectivity index (χ3n) is 4.86. The Morgan fingerprint density at radius 2 is 1.90 bits per heavy atom. The van der Waals surface area contributed by atoms with Gasteiger partial charge in [0.15, 0.2) is 5.60 Å². The first-order valence-corrected chi connectivity index (χ1v) is 10.9. The lowest BCUT2D eigenvalue weighted by Gasteiger charge is -2.26. The lowest BCUT2D eigenvalue weighted by molar-refractivity contribution is -0.128. The zero-order chi connectivity index (χ0) is 20.6. The number of nitrogens with one attached hydrogen (secondary N) is 1. The van der Waals surface area contributed by atoms with Crippen molar-refractivity contribution in [3.05, 3.63) is 70.4 Å². The smallest absolute Gasteiger partial charge is 0.269 e. The SMILES string of the molecule is Cc1ccccc1-n1nc2c(c1NC(=O)C(C)(C)Oc1ccc(Cl)cc1)CSC2. The van der Waals surface area contributed by atoms with Crippen LogP contribution in [0.25, 0.3) is 5.69 Å². The van der Waals surface area contributed by atoms with Crippen molar-refractivity contribution in [1.29, 1.82) is 0 Å². The van der Waals surface area contributed by atoms with E-state index in [1.54, 1.807) is 49.9 Å². The number of aromatic nitrogens is 2. The van der Waals surface area contributed by atoms with Crippen LogP contribution < -0.4 is 10.1 Å². The Labute approximate surface area is 179 Å². The van der Waals surface area contributed by atoms with Gasteiger partial charge in [-0.25, -0.2) is 4.68 Å². The number of hydrogen-bond donors (Lipinski definition) is 1. The van der Waals surface area contributed by atoms with Crippen LogP contribution >= 0.6 is 23.4 Å². The van der Waals surface area contributed by atoms with Crippen molar-refractivity contribution < 1.29 is 9.53 Å². The zero-order valence-electron chi connectivity index (χ0n) is 16.5. The van der Waals surface area contributed by atoms with Crippen molar-refractivity contribution in [2.75, 3.05) is 5.32 Å². The van der Waals surface area contributed by atoms with Crippen LogP contribution in [0.15, 0.2) is 48.5 Å². The summed E-state index contributed by atoms with van der Waals surface area (Å²) in [5.74, 6) is 2.75. The van der Waals surface area contributed by atoms with Crippen LogP contribution in [0, 0.1) is 6.92 Å². The fourth-order valence-electron chi connectivity index (χ4n) is 3.22. The Balaban J connectivity index is 1.64. The van der Waals surface area contributed by atoms with E-state index in [0.29, 0.717) is 10.8 Å². The van der Waals surface area contributed by atoms with Crippen LogP contribution in [-0.2, 0) is 16.3 Å². The molecule has 1 aromatic heterocycles. The molecule has 0 fully saturated rings. The number of hydrogen-bond acceptors (Lipinski definition) is 4. The van der Waals surface area contributed by atoms with Gasteiger partial charge < -0.3 is 10.1 Å². The van der Waals surface area contributed by atoms with Crippen LogP contribution in [0.1, 0.15) is 30.7 Å². The molecule has 1 aliphatic rings. The fourth-order valence-corrected chi connectivity index (χ4v) is 4.38. The largest absolute Gasteiger partial charge is 0.478 e. The highest BCUT2D eigenvalue weighted by molar-refractivity contribution is 7.98. The Morgan fingerprint density at radius 1 is 1.17 bits per heavy atom. The van der Waals surface area contributed by atoms with Gasteiger partial charge in [0.05, 0.1) is 11.4 Å². The van der Waals surface area contributed by atoms with Crippen molar-refractivity contribution in [1.82, 2.24) is 9.78 Å². The summed E-state index contributed by atoms with van der Waals surface area (Å²) in [7, 11) is 0. The average Bonchev–Trinajstić information content (AvgIpc) is 3.26. The highest BCUT2D eigenvalue weighted by Crippen LogP contribution is 2.37. The van der Waals surface area contributed by atoms with Crippen LogP contribution in [-0.4, -0.2) is 21.3 Å². The molecule has 3 aromatic rings. The molecule has 2 aromatic carbocycles. The molecule has 1 N–H and O–H groups in total. The predicted molar refractivity (Wildman–Crippen MR) is 118 cm³/mol. The number of benzene rings is 2. The van der Waals surface area contributed by atoms with E-state index < -0.39 is 5.60 Å². The second-order valence-corrected chi connectivity index (χ2v) is 8.91. The number of thioether (sulfide) groups is 1. The number of ether oxygens (including phenoxy) is 1. The second kappa shape index (κ2) is 7.76. The van der Waals surface area contributed by atoms with Crippen molar-refractivity contribution >= 4 is 35.1 Å². The molecule has 0 atom stereocenters. The molecule has 0 unspecified atom stereocenters. The first-order valence-electron chi connectivity index (χ1n) is 9.36. The van der Waals surface area contributed by atoms with Gasteiger partial charge in [0, 0.05) is 22.1 Å². The third-order valence-corrected chi connectivity index (χ3v) is 6.08. The maximum absolute atomic E-state index is 13.2. The predicted octanol–water partition coefficient (Wildman–Crippen LogP) is 5.38. The van der Waals surface area contributed by atoms with E-state index in [1.807, 2.05) is 35.9 Å². The fraction of sp³-hybridized carbons (Fsp3) is 0.273. The van der Waals surface area contributed by atoms with E-state index in [-0.39, 0.29) is 5.91 Å². The van der Waals surface area contributed by atoms with E-state index in [1.165, 1.54) is 0 Å². The summed E-state index contributed by atoms with van der Waals surface area (Å²) in [6.07, 6.45) is 0. The summed E-state index contributed by atoms with van der Waals surface area (Å²) >= 11 is 7.74. The quantitative estimate of drug-likeness (QED) is 0.594. The van der Waals surface area contributed by atoms with Crippen LogP contribution in [0.5, 0.6) is 5.75 Å². The molecule has 29 heavy (non-hydrogen) atoms. The van der Waals surface area contributed by atoms with E-state index in [9.17, 15) is 4.79 Å². The highest BCUT2D eigenvalue weighted by Gasteiger charge is 2.33. The van der Waals surface area contributed by atoms with Gasteiger partial charge in [-0.2, -0.15) is 16.9 Å². The highest BCUT2D eigenvalue weighted by atomic mass is 35.5. The van der Waals surface area contributed by atoms with Crippen LogP contribution in [0.3, 0.4) is 0 Å². The number of fused-ring (bicyclic) bond motifs is 1. The molecule has 2 heterocycles. The monoisotopic (exact) mass is 427 g/mol. The molecule has 0 aliphatic carbocycles. The van der Waals surface area contributed by atoms with Crippen molar-refractivity contribution in [2.45, 2.75) is 37.9 Å². The van der Waals surface area contributed by atoms with Gasteiger partial charge in [-0.05, 0) is 56.7 Å². The van der Waals surface area contributed by atoms with Crippen LogP contribution in [0.4, 0.5) is 5.82 Å². The number of aryl methyl sites for hydroxylation is 1. The standard InChI is InChI=1S/C22H22ClN3O2S/c1-14-6-4-5-7-19(14)26-20(17-12-29-13-18(17)25-26)24-21(27)22(2,3)28-16-10-8-15(23)9-11-16/h4-11H,12-13H2,1-3H3,(H,24,27). The molecule has 1 aliphatic heterocycles. The lowest BCUT2D eigenvalue weighted by atomic mass is 10.1. The van der Waals surface area contributed by atoms with Crippen molar-refractivity contribution in [3.8, 4) is 11.4 Å². The summed E-state index contributed by atoms with van der Waals surface area (Å²) < 4.78 is 7.79. The van der Waals surface area contributed by atoms with Gasteiger partial charge >= 0.3 is 0 Å². The van der Waals surface area contributed by atoms with Gasteiger partial charge in [0.1, 0.15) is 11.6 Å². The van der Waals surface area contributed by atoms with Gasteiger partial charge in [0.2, 0.25) is 0 Å². The Hall–Kier alpha value is -2.44. The second-order valence-electron chi connectivity index (χ2n) is 7.49. The van der Waals surface area contributed by atoms with Gasteiger partial charge in [0.25, 0.3) is 5.91 Å². The molecule has 150 valence electrons. The number of para-hydroxylation sites is 1. The van der Waals surface area contributed by atoms with Crippen molar-refractivity contribution in [3.63, 3.8) is 0 Å². The van der Waals surface area contributed by atoms with E-state index in [0.717, 1.165) is 39.8 Å². The Bertz CT molecular complexity index is 1060. The number of carbonyl (C=O) groups excluding carboxylic acids is 1. The van der Waals surface area contributed by atoms with E-state index >= 15 is 0 Å². The van der Waals surface area contributed by atoms with Crippen LogP contribution in [0.2, 0.25) is 5.02 Å². The van der Waals surface area contributed by atoms with E-state index in [2.05, 4.69) is 5.32 Å². The lowest BCUT2D eigenvalue weighted by Crippen LogP contribution is -2.43. The van der Waals surface area contributed by atoms with Gasteiger partial charge in [-0.15, -0.1) is 0 Å². The Morgan fingerprint density at radius 3 is 2.62 bits per heavy atom. The normalized spacial score (nSPS) is 13.2. The zero-order valence-corrected chi connectivity index (χ0v) is 18.1. The first-order chi connectivity index (χ1) is 13.8. The molecule has 7 heteroatoms. The summed E-state index contributed by atoms with van der Waals surface area (Å²) in [6, 6.07) is 15.0. The summed E-state index contributed by atoms with van der Waals surface area (Å²) in [4.78, 5) is 13.2. The van der Waals surface area contributed by atoms with Gasteiger partial charge in [-0.1, -0.05) is 29.8 Å². The molecule has 1 amide bonds. The maximum Gasteiger partial charge on any atom is 0.269 e. The molecule has 0 spiro atoms. The summed E-state index contributed by atoms with van der Waals surface area (Å²) in [5.41, 5.74) is 3.07. The molecule has 0 radical (unpaired) electrons. The number of rotatable bonds is 5. The molecule has 0 bridgehead atoms. The minimum atomic E-state index is -1.08. The minimum absolute atomic E-state index is 0.234. The number of amides is 1. The summed E-state index contributed by atoms with van der Waals surface area (Å²) in [6.45, 7) is 5.54. The third kappa shape index (κ3) is 4.00. The summed E-state index contributed by atoms with van der Waals surface area (Å²) in [5, 5.41) is 8.48. The Kier molecular flexibility index (Phi) is 5.32. The average molecular weight is 428 g/mol. The number of anilines is 1. The van der Waals surface area contributed by atoms with E-state index in [4.69, 9.17) is 21.4 Å². The molecule has 5 nitrogen and oxygen atoms in total. The molecular formula is C22H22ClN3O2S. The number of nitrogens with zero attached hydrogens (tertiary/aromatic N) is 2. The number of carbonyl (C=O) groups is 1. The first kappa shape index (κ1) is 19.9. The minimum Gasteiger partial charge on any atom is -0.478 e. The molecule has 0 saturated carbocycles. The number of halogens is 1. The molecule has 0 saturated heterocycles. The maximum atomic E-state index is 13.2. The van der Waals surface area contributed by atoms with Gasteiger partial charge in [-0.3, -0.25) is 4.79 Å². The molecular weight excluding hydrogens is 406 g/mol. The topological polar surface area (TPSA) is 56.2 Å². The molecule has 4 rings (SSSR count).